The Balaban J connectivity index is 2.22. The highest BCUT2D eigenvalue weighted by Gasteiger charge is 2.19. The van der Waals surface area contributed by atoms with Crippen LogP contribution in [0.1, 0.15) is 24.2 Å². The van der Waals surface area contributed by atoms with Crippen molar-refractivity contribution in [3.05, 3.63) is 96.6 Å². The third kappa shape index (κ3) is 3.25. The minimum absolute atomic E-state index is 0.281. The Hall–Kier alpha value is -2.12. The third-order valence-corrected chi connectivity index (χ3v) is 3.59. The first kappa shape index (κ1) is 14.3. The van der Waals surface area contributed by atoms with Gasteiger partial charge in [0.05, 0.1) is 6.10 Å². The van der Waals surface area contributed by atoms with E-state index in [0.29, 0.717) is 0 Å². The van der Waals surface area contributed by atoms with Gasteiger partial charge >= 0.3 is 0 Å². The van der Waals surface area contributed by atoms with Crippen molar-refractivity contribution in [3.8, 4) is 0 Å². The molecule has 0 aliphatic heterocycles. The largest absolute Gasteiger partial charge is 0.384 e. The van der Waals surface area contributed by atoms with Gasteiger partial charge in [0.25, 0.3) is 0 Å². The lowest BCUT2D eigenvalue weighted by atomic mass is 9.82. The highest BCUT2D eigenvalue weighted by atomic mass is 16.3. The summed E-state index contributed by atoms with van der Waals surface area (Å²) in [5.74, 6) is 0. The molecule has 2 aromatic rings. The van der Waals surface area contributed by atoms with Crippen molar-refractivity contribution in [3.63, 3.8) is 0 Å². The summed E-state index contributed by atoms with van der Waals surface area (Å²) >= 11 is 0. The van der Waals surface area contributed by atoms with E-state index < -0.39 is 6.10 Å². The molecule has 0 saturated carbocycles. The van der Waals surface area contributed by atoms with Crippen LogP contribution in [-0.2, 0) is 5.41 Å². The molecule has 0 aliphatic rings. The normalized spacial score (nSPS) is 15.7. The number of aliphatic hydroxyl groups excluding tert-OH is 1. The molecule has 0 bridgehead atoms. The van der Waals surface area contributed by atoms with E-state index in [4.69, 9.17) is 0 Å². The summed E-state index contributed by atoms with van der Waals surface area (Å²) in [7, 11) is 0. The fourth-order valence-corrected chi connectivity index (χ4v) is 2.13. The molecule has 0 radical (unpaired) electrons. The van der Waals surface area contributed by atoms with Gasteiger partial charge in [-0.2, -0.15) is 0 Å². The average molecular weight is 264 g/mol. The number of hydrogen-bond acceptors (Lipinski definition) is 1. The predicted molar refractivity (Wildman–Crippen MR) is 84.5 cm³/mol. The van der Waals surface area contributed by atoms with Gasteiger partial charge in [0.2, 0.25) is 0 Å². The first-order chi connectivity index (χ1) is 9.65. The van der Waals surface area contributed by atoms with Gasteiger partial charge in [-0.3, -0.25) is 0 Å². The maximum absolute atomic E-state index is 10.2. The van der Waals surface area contributed by atoms with Gasteiger partial charge < -0.3 is 5.11 Å². The van der Waals surface area contributed by atoms with Crippen molar-refractivity contribution in [1.29, 1.82) is 0 Å². The zero-order chi connectivity index (χ0) is 14.4. The van der Waals surface area contributed by atoms with Crippen LogP contribution in [0.15, 0.2) is 85.5 Å². The molecular formula is C19H20O. The van der Waals surface area contributed by atoms with Crippen molar-refractivity contribution < 1.29 is 5.11 Å². The first-order valence-electron chi connectivity index (χ1n) is 6.77. The molecule has 0 unspecified atom stereocenters. The van der Waals surface area contributed by atoms with E-state index in [9.17, 15) is 5.11 Å². The Morgan fingerprint density at radius 2 is 1.55 bits per heavy atom. The molecule has 1 heteroatoms. The molecule has 20 heavy (non-hydrogen) atoms. The summed E-state index contributed by atoms with van der Waals surface area (Å²) in [5, 5.41) is 10.2. The SMILES string of the molecule is C=C[C@](C)(C=C[C@@H](O)c1ccccc1)c1ccccc1. The van der Waals surface area contributed by atoms with Gasteiger partial charge in [-0.1, -0.05) is 78.9 Å². The van der Waals surface area contributed by atoms with E-state index >= 15 is 0 Å². The Kier molecular flexibility index (Phi) is 4.54. The molecule has 0 spiro atoms. The lowest BCUT2D eigenvalue weighted by Crippen LogP contribution is -2.15. The predicted octanol–water partition coefficient (Wildman–Crippen LogP) is 4.42. The van der Waals surface area contributed by atoms with Crippen LogP contribution in [0.3, 0.4) is 0 Å². The summed E-state index contributed by atoms with van der Waals surface area (Å²) in [6.45, 7) is 6.01. The van der Waals surface area contributed by atoms with E-state index in [1.165, 1.54) is 0 Å². The first-order valence-corrected chi connectivity index (χ1v) is 6.77. The molecule has 0 fully saturated rings. The Morgan fingerprint density at radius 3 is 2.10 bits per heavy atom. The zero-order valence-corrected chi connectivity index (χ0v) is 11.7. The fourth-order valence-electron chi connectivity index (χ4n) is 2.13. The lowest BCUT2D eigenvalue weighted by Gasteiger charge is -2.22. The van der Waals surface area contributed by atoms with Crippen LogP contribution in [0.25, 0.3) is 0 Å². The molecule has 1 N–H and O–H groups in total. The molecule has 102 valence electrons. The number of rotatable bonds is 5. The summed E-state index contributed by atoms with van der Waals surface area (Å²) in [4.78, 5) is 0. The minimum atomic E-state index is -0.598. The fraction of sp³-hybridized carbons (Fsp3) is 0.158. The van der Waals surface area contributed by atoms with Crippen molar-refractivity contribution in [2.75, 3.05) is 0 Å². The van der Waals surface area contributed by atoms with Crippen LogP contribution >= 0.6 is 0 Å². The van der Waals surface area contributed by atoms with E-state index in [-0.39, 0.29) is 5.41 Å². The van der Waals surface area contributed by atoms with Gasteiger partial charge in [0.15, 0.2) is 0 Å². The van der Waals surface area contributed by atoms with Gasteiger partial charge in [-0.15, -0.1) is 6.58 Å². The Bertz CT molecular complexity index is 571. The monoisotopic (exact) mass is 264 g/mol. The molecule has 1 nitrogen and oxygen atoms in total. The van der Waals surface area contributed by atoms with Gasteiger partial charge in [0.1, 0.15) is 0 Å². The van der Waals surface area contributed by atoms with Crippen LogP contribution in [0.2, 0.25) is 0 Å². The number of aliphatic hydroxyl groups is 1. The Morgan fingerprint density at radius 1 is 1.00 bits per heavy atom. The van der Waals surface area contributed by atoms with Crippen molar-refractivity contribution in [2.45, 2.75) is 18.4 Å². The summed E-state index contributed by atoms with van der Waals surface area (Å²) in [5.41, 5.74) is 1.77. The van der Waals surface area contributed by atoms with Crippen LogP contribution < -0.4 is 0 Å². The van der Waals surface area contributed by atoms with Crippen LogP contribution in [0.4, 0.5) is 0 Å². The van der Waals surface area contributed by atoms with Gasteiger partial charge in [-0.05, 0) is 18.1 Å². The van der Waals surface area contributed by atoms with Gasteiger partial charge in [0, 0.05) is 5.41 Å². The van der Waals surface area contributed by atoms with Crippen molar-refractivity contribution in [1.82, 2.24) is 0 Å². The van der Waals surface area contributed by atoms with Crippen LogP contribution in [0.5, 0.6) is 0 Å². The highest BCUT2D eigenvalue weighted by Crippen LogP contribution is 2.28. The van der Waals surface area contributed by atoms with E-state index in [1.54, 1.807) is 0 Å². The smallest absolute Gasteiger partial charge is 0.0972 e. The summed E-state index contributed by atoms with van der Waals surface area (Å²) in [6.07, 6.45) is 5.13. The summed E-state index contributed by atoms with van der Waals surface area (Å²) in [6, 6.07) is 19.8. The van der Waals surface area contributed by atoms with E-state index in [2.05, 4.69) is 25.6 Å². The van der Waals surface area contributed by atoms with Crippen LogP contribution in [0, 0.1) is 0 Å². The topological polar surface area (TPSA) is 20.2 Å². The molecule has 0 aliphatic carbocycles. The molecule has 2 rings (SSSR count). The zero-order valence-electron chi connectivity index (χ0n) is 11.7. The summed E-state index contributed by atoms with van der Waals surface area (Å²) < 4.78 is 0. The number of benzene rings is 2. The second-order valence-corrected chi connectivity index (χ2v) is 5.07. The second-order valence-electron chi connectivity index (χ2n) is 5.07. The standard InChI is InChI=1S/C19H20O/c1-3-19(2,17-12-8-5-9-13-17)15-14-18(20)16-10-6-4-7-11-16/h3-15,18,20H,1H2,2H3/t18-,19-/m1/s1. The van der Waals surface area contributed by atoms with Crippen LogP contribution in [-0.4, -0.2) is 5.11 Å². The molecule has 0 heterocycles. The Labute approximate surface area is 120 Å². The molecule has 0 amide bonds. The molecule has 0 aromatic heterocycles. The third-order valence-electron chi connectivity index (χ3n) is 3.59. The molecular weight excluding hydrogens is 244 g/mol. The van der Waals surface area contributed by atoms with E-state index in [0.717, 1.165) is 11.1 Å². The maximum atomic E-state index is 10.2. The highest BCUT2D eigenvalue weighted by molar-refractivity contribution is 5.36. The van der Waals surface area contributed by atoms with E-state index in [1.807, 2.05) is 66.8 Å². The minimum Gasteiger partial charge on any atom is -0.384 e. The quantitative estimate of drug-likeness (QED) is 0.793. The van der Waals surface area contributed by atoms with Crippen molar-refractivity contribution >= 4 is 0 Å². The molecule has 0 saturated heterocycles. The average Bonchev–Trinajstić information content (AvgIpc) is 2.54. The maximum Gasteiger partial charge on any atom is 0.0972 e. The lowest BCUT2D eigenvalue weighted by molar-refractivity contribution is 0.228. The van der Waals surface area contributed by atoms with Gasteiger partial charge in [-0.25, -0.2) is 0 Å². The number of hydrogen-bond donors (Lipinski definition) is 1. The second kappa shape index (κ2) is 6.36. The number of allylic oxidation sites excluding steroid dienone is 2. The molecule has 2 aromatic carbocycles. The molecule has 2 atom stereocenters. The van der Waals surface area contributed by atoms with Crippen molar-refractivity contribution in [2.24, 2.45) is 0 Å².